The van der Waals surface area contributed by atoms with Gasteiger partial charge in [-0.3, -0.25) is 19.9 Å². The number of aromatic nitrogens is 2. The highest BCUT2D eigenvalue weighted by Crippen LogP contribution is 2.35. The second-order valence-corrected chi connectivity index (χ2v) is 7.71. The second-order valence-electron chi connectivity index (χ2n) is 6.82. The number of likely N-dealkylation sites (tertiary alicyclic amines) is 1. The molecule has 2 aromatic heterocycles. The van der Waals surface area contributed by atoms with Crippen molar-refractivity contribution in [1.82, 2.24) is 20.3 Å². The van der Waals surface area contributed by atoms with E-state index in [0.717, 1.165) is 23.5 Å². The smallest absolute Gasteiger partial charge is 0.415 e. The molecule has 2 fully saturated rings. The molecule has 4 heterocycles. The van der Waals surface area contributed by atoms with Crippen molar-refractivity contribution in [3.63, 3.8) is 0 Å². The zero-order valence-corrected chi connectivity index (χ0v) is 16.6. The van der Waals surface area contributed by atoms with Crippen molar-refractivity contribution in [2.75, 3.05) is 24.6 Å². The van der Waals surface area contributed by atoms with Crippen LogP contribution in [0.2, 0.25) is 0 Å². The van der Waals surface area contributed by atoms with Crippen LogP contribution in [0.4, 0.5) is 10.6 Å². The van der Waals surface area contributed by atoms with Crippen LogP contribution in [-0.4, -0.2) is 52.5 Å². The number of pyridine rings is 1. The highest BCUT2D eigenvalue weighted by Gasteiger charge is 2.34. The van der Waals surface area contributed by atoms with Crippen LogP contribution < -0.4 is 16.2 Å². The first kappa shape index (κ1) is 19.3. The Morgan fingerprint density at radius 1 is 1.31 bits per heavy atom. The molecule has 2 aliphatic rings. The minimum atomic E-state index is -0.651. The predicted molar refractivity (Wildman–Crippen MR) is 104 cm³/mol. The van der Waals surface area contributed by atoms with Gasteiger partial charge in [-0.25, -0.2) is 20.6 Å². The number of nitrogens with one attached hydrogen (secondary N) is 1. The average Bonchev–Trinajstić information content (AvgIpc) is 3.46. The number of carbonyl (C=O) groups is 3. The third kappa shape index (κ3) is 3.66. The summed E-state index contributed by atoms with van der Waals surface area (Å²) in [7, 11) is 0. The third-order valence-corrected chi connectivity index (χ3v) is 5.96. The maximum atomic E-state index is 13.3. The molecule has 4 rings (SSSR count). The van der Waals surface area contributed by atoms with Crippen LogP contribution in [0.1, 0.15) is 50.4 Å². The van der Waals surface area contributed by atoms with Crippen molar-refractivity contribution in [3.05, 3.63) is 39.5 Å². The first-order valence-electron chi connectivity index (χ1n) is 9.18. The molecule has 0 aliphatic carbocycles. The van der Waals surface area contributed by atoms with Crippen LogP contribution in [0, 0.1) is 6.92 Å². The summed E-state index contributed by atoms with van der Waals surface area (Å²) in [6.45, 7) is 3.01. The van der Waals surface area contributed by atoms with Gasteiger partial charge in [-0.2, -0.15) is 0 Å². The van der Waals surface area contributed by atoms with Gasteiger partial charge in [-0.1, -0.05) is 0 Å². The van der Waals surface area contributed by atoms with Crippen LogP contribution in [0.25, 0.3) is 0 Å². The van der Waals surface area contributed by atoms with Gasteiger partial charge < -0.3 is 9.64 Å². The van der Waals surface area contributed by atoms with Gasteiger partial charge in [-0.05, 0) is 31.9 Å². The summed E-state index contributed by atoms with van der Waals surface area (Å²) in [5.41, 5.74) is 3.15. The van der Waals surface area contributed by atoms with E-state index >= 15 is 0 Å². The van der Waals surface area contributed by atoms with Gasteiger partial charge in [-0.15, -0.1) is 11.3 Å². The van der Waals surface area contributed by atoms with Crippen molar-refractivity contribution in [3.8, 4) is 0 Å². The second kappa shape index (κ2) is 7.76. The molecule has 2 aliphatic heterocycles. The lowest BCUT2D eigenvalue weighted by molar-refractivity contribution is 0.0735. The third-order valence-electron chi connectivity index (χ3n) is 4.90. The Morgan fingerprint density at radius 3 is 2.79 bits per heavy atom. The first-order valence-corrected chi connectivity index (χ1v) is 10.1. The van der Waals surface area contributed by atoms with E-state index in [1.165, 1.54) is 28.4 Å². The molecule has 2 saturated heterocycles. The molecule has 29 heavy (non-hydrogen) atoms. The van der Waals surface area contributed by atoms with E-state index in [4.69, 9.17) is 10.6 Å². The van der Waals surface area contributed by atoms with Crippen molar-refractivity contribution < 1.29 is 19.1 Å². The van der Waals surface area contributed by atoms with Crippen molar-refractivity contribution in [1.29, 1.82) is 0 Å². The lowest BCUT2D eigenvalue weighted by atomic mass is 10.1. The SMILES string of the molecule is Cc1csc(C2CCCN2C(=O)c2cc(C(=O)NN)nc(N3CCOC3=O)c2)n1. The van der Waals surface area contributed by atoms with Crippen LogP contribution >= 0.6 is 11.3 Å². The highest BCUT2D eigenvalue weighted by molar-refractivity contribution is 7.09. The maximum absolute atomic E-state index is 13.3. The number of ether oxygens (including phenoxy) is 1. The monoisotopic (exact) mass is 416 g/mol. The molecular weight excluding hydrogens is 396 g/mol. The van der Waals surface area contributed by atoms with Crippen LogP contribution in [0.3, 0.4) is 0 Å². The predicted octanol–water partition coefficient (Wildman–Crippen LogP) is 1.38. The highest BCUT2D eigenvalue weighted by atomic mass is 32.1. The van der Waals surface area contributed by atoms with E-state index in [1.54, 1.807) is 4.90 Å². The van der Waals surface area contributed by atoms with Gasteiger partial charge in [0, 0.05) is 23.2 Å². The van der Waals surface area contributed by atoms with Crippen molar-refractivity contribution in [2.45, 2.75) is 25.8 Å². The van der Waals surface area contributed by atoms with Crippen molar-refractivity contribution >= 4 is 35.1 Å². The van der Waals surface area contributed by atoms with Crippen LogP contribution in [-0.2, 0) is 4.74 Å². The molecule has 3 N–H and O–H groups in total. The van der Waals surface area contributed by atoms with E-state index in [9.17, 15) is 14.4 Å². The number of nitrogens with two attached hydrogens (primary N) is 1. The fourth-order valence-electron chi connectivity index (χ4n) is 3.53. The maximum Gasteiger partial charge on any atom is 0.415 e. The Bertz CT molecular complexity index is 977. The standard InChI is InChI=1S/C18H20N6O4S/c1-10-9-29-16(20-10)13-3-2-4-23(13)17(26)11-7-12(15(25)22-19)21-14(8-11)24-5-6-28-18(24)27/h7-9,13H,2-6,19H2,1H3,(H,22,25). The molecule has 152 valence electrons. The largest absolute Gasteiger partial charge is 0.447 e. The molecular formula is C18H20N6O4S. The van der Waals surface area contributed by atoms with Gasteiger partial charge in [0.25, 0.3) is 11.8 Å². The Labute approximate surface area is 170 Å². The molecule has 10 nitrogen and oxygen atoms in total. The lowest BCUT2D eigenvalue weighted by Gasteiger charge is -2.24. The van der Waals surface area contributed by atoms with Gasteiger partial charge in [0.1, 0.15) is 23.1 Å². The number of nitrogen functional groups attached to an aromatic ring is 1. The molecule has 0 bridgehead atoms. The zero-order chi connectivity index (χ0) is 20.5. The summed E-state index contributed by atoms with van der Waals surface area (Å²) in [5, 5.41) is 2.86. The Balaban J connectivity index is 1.69. The summed E-state index contributed by atoms with van der Waals surface area (Å²) in [4.78, 5) is 49.1. The topological polar surface area (TPSA) is 131 Å². The molecule has 2 aromatic rings. The number of hydrogen-bond donors (Lipinski definition) is 2. The van der Waals surface area contributed by atoms with Crippen LogP contribution in [0.5, 0.6) is 0 Å². The summed E-state index contributed by atoms with van der Waals surface area (Å²) in [5.74, 6) is 4.52. The molecule has 1 unspecified atom stereocenters. The first-order chi connectivity index (χ1) is 14.0. The molecule has 0 saturated carbocycles. The molecule has 0 spiro atoms. The summed E-state index contributed by atoms with van der Waals surface area (Å²) >= 11 is 1.53. The molecule has 0 aromatic carbocycles. The fraction of sp³-hybridized carbons (Fsp3) is 0.389. The van der Waals surface area contributed by atoms with Crippen LogP contribution in [0.15, 0.2) is 17.5 Å². The number of aryl methyl sites for hydroxylation is 1. The summed E-state index contributed by atoms with van der Waals surface area (Å²) in [6.07, 6.45) is 1.12. The Hall–Kier alpha value is -3.05. The number of thiazole rings is 1. The number of anilines is 1. The zero-order valence-electron chi connectivity index (χ0n) is 15.8. The summed E-state index contributed by atoms with van der Waals surface area (Å²) in [6, 6.07) is 2.78. The van der Waals surface area contributed by atoms with Crippen molar-refractivity contribution in [2.24, 2.45) is 5.84 Å². The average molecular weight is 416 g/mol. The summed E-state index contributed by atoms with van der Waals surface area (Å²) < 4.78 is 4.94. The van der Waals surface area contributed by atoms with E-state index < -0.39 is 12.0 Å². The van der Waals surface area contributed by atoms with E-state index in [1.807, 2.05) is 17.7 Å². The number of hydrogen-bond acceptors (Lipinski definition) is 8. The lowest BCUT2D eigenvalue weighted by Crippen LogP contribution is -2.34. The molecule has 1 atom stereocenters. The number of cyclic esters (lactones) is 1. The number of hydrazine groups is 1. The van der Waals surface area contributed by atoms with Gasteiger partial charge in [0.15, 0.2) is 0 Å². The number of amides is 3. The quantitative estimate of drug-likeness (QED) is 0.437. The van der Waals surface area contributed by atoms with Gasteiger partial charge in [0.05, 0.1) is 12.6 Å². The minimum absolute atomic E-state index is 0.0473. The Kier molecular flexibility index (Phi) is 5.16. The fourth-order valence-corrected chi connectivity index (χ4v) is 4.47. The molecule has 3 amide bonds. The van der Waals surface area contributed by atoms with E-state index in [2.05, 4.69) is 9.97 Å². The van der Waals surface area contributed by atoms with E-state index in [-0.39, 0.29) is 42.2 Å². The minimum Gasteiger partial charge on any atom is -0.447 e. The Morgan fingerprint density at radius 2 is 2.14 bits per heavy atom. The van der Waals surface area contributed by atoms with Gasteiger partial charge in [0.2, 0.25) is 0 Å². The number of rotatable bonds is 4. The van der Waals surface area contributed by atoms with Gasteiger partial charge >= 0.3 is 6.09 Å². The van der Waals surface area contributed by atoms with E-state index in [0.29, 0.717) is 6.54 Å². The molecule has 11 heteroatoms. The molecule has 0 radical (unpaired) electrons. The number of nitrogens with zero attached hydrogens (tertiary/aromatic N) is 4. The number of carbonyl (C=O) groups excluding carboxylic acids is 3. The normalized spacial score (nSPS) is 18.8.